The standard InChI is InChI=1S/C18H20FNO5.C2H6/c1-11-9-15(18(21)24-5)10-12(2)17(11)25-16(14(4)20(22)23)8-6-7-13(3)19;1-2/h6-10H,1-5H3;1-2H3/b8-6-,13-7+,16-14-;. The largest absolute Gasteiger partial charge is 0.465 e. The van der Waals surface area contributed by atoms with Crippen LogP contribution >= 0.6 is 0 Å². The Labute approximate surface area is 159 Å². The van der Waals surface area contributed by atoms with Crippen LogP contribution in [0.25, 0.3) is 0 Å². The van der Waals surface area contributed by atoms with Crippen molar-refractivity contribution < 1.29 is 23.6 Å². The summed E-state index contributed by atoms with van der Waals surface area (Å²) < 4.78 is 23.2. The van der Waals surface area contributed by atoms with Crippen molar-refractivity contribution >= 4 is 5.97 Å². The van der Waals surface area contributed by atoms with Crippen LogP contribution in [0, 0.1) is 24.0 Å². The predicted octanol–water partition coefficient (Wildman–Crippen LogP) is 5.43. The van der Waals surface area contributed by atoms with Crippen LogP contribution in [0.15, 0.2) is 47.6 Å². The molecule has 1 aromatic carbocycles. The van der Waals surface area contributed by atoms with Crippen LogP contribution < -0.4 is 4.74 Å². The normalized spacial score (nSPS) is 12.1. The number of carbonyl (C=O) groups is 1. The summed E-state index contributed by atoms with van der Waals surface area (Å²) in [7, 11) is 1.28. The molecule has 0 aliphatic carbocycles. The van der Waals surface area contributed by atoms with E-state index >= 15 is 0 Å². The van der Waals surface area contributed by atoms with Crippen LogP contribution in [0.3, 0.4) is 0 Å². The molecule has 0 bridgehead atoms. The molecule has 0 fully saturated rings. The maximum absolute atomic E-state index is 12.8. The number of ether oxygens (including phenoxy) is 2. The first-order chi connectivity index (χ1) is 12.7. The van der Waals surface area contributed by atoms with Gasteiger partial charge in [-0.25, -0.2) is 9.18 Å². The summed E-state index contributed by atoms with van der Waals surface area (Å²) in [6, 6.07) is 3.14. The van der Waals surface area contributed by atoms with Gasteiger partial charge in [-0.15, -0.1) is 0 Å². The lowest BCUT2D eigenvalue weighted by atomic mass is 10.1. The van der Waals surface area contributed by atoms with Gasteiger partial charge in [0.15, 0.2) is 5.76 Å². The first kappa shape index (κ1) is 24.0. The van der Waals surface area contributed by atoms with Gasteiger partial charge in [-0.05, 0) is 56.2 Å². The zero-order valence-corrected chi connectivity index (χ0v) is 16.8. The molecule has 148 valence electrons. The van der Waals surface area contributed by atoms with Crippen LogP contribution in [0.4, 0.5) is 4.39 Å². The molecule has 0 N–H and O–H groups in total. The van der Waals surface area contributed by atoms with Crippen LogP contribution in [-0.2, 0) is 4.74 Å². The van der Waals surface area contributed by atoms with Crippen molar-refractivity contribution in [1.29, 1.82) is 0 Å². The number of rotatable bonds is 6. The van der Waals surface area contributed by atoms with Crippen molar-refractivity contribution in [2.45, 2.75) is 41.5 Å². The number of benzene rings is 1. The second kappa shape index (κ2) is 11.6. The zero-order chi connectivity index (χ0) is 21.1. The Morgan fingerprint density at radius 3 is 2.11 bits per heavy atom. The van der Waals surface area contributed by atoms with Gasteiger partial charge in [0, 0.05) is 6.92 Å². The lowest BCUT2D eigenvalue weighted by Gasteiger charge is -2.13. The van der Waals surface area contributed by atoms with Gasteiger partial charge in [0.1, 0.15) is 5.75 Å². The second-order valence-corrected chi connectivity index (χ2v) is 5.35. The monoisotopic (exact) mass is 379 g/mol. The fraction of sp³-hybridized carbons (Fsp3) is 0.350. The molecule has 0 aliphatic rings. The number of esters is 1. The number of methoxy groups -OCH3 is 1. The highest BCUT2D eigenvalue weighted by molar-refractivity contribution is 5.90. The third-order valence-corrected chi connectivity index (χ3v) is 3.30. The highest BCUT2D eigenvalue weighted by Gasteiger charge is 2.17. The van der Waals surface area contributed by atoms with Gasteiger partial charge in [-0.1, -0.05) is 19.9 Å². The minimum atomic E-state index is -0.584. The highest BCUT2D eigenvalue weighted by atomic mass is 19.1. The smallest absolute Gasteiger partial charge is 0.337 e. The first-order valence-electron chi connectivity index (χ1n) is 8.40. The molecule has 27 heavy (non-hydrogen) atoms. The lowest BCUT2D eigenvalue weighted by molar-refractivity contribution is -0.426. The van der Waals surface area contributed by atoms with Crippen molar-refractivity contribution in [2.75, 3.05) is 7.11 Å². The quantitative estimate of drug-likeness (QED) is 0.216. The Kier molecular flexibility index (Phi) is 10.3. The molecular formula is C20H26FNO5. The van der Waals surface area contributed by atoms with E-state index < -0.39 is 16.7 Å². The van der Waals surface area contributed by atoms with Crippen molar-refractivity contribution in [3.63, 3.8) is 0 Å². The number of halogens is 1. The van der Waals surface area contributed by atoms with Crippen LogP contribution in [0.1, 0.15) is 49.2 Å². The number of hydrogen-bond acceptors (Lipinski definition) is 5. The number of carbonyl (C=O) groups excluding carboxylic acids is 1. The second-order valence-electron chi connectivity index (χ2n) is 5.35. The van der Waals surface area contributed by atoms with Gasteiger partial charge in [0.25, 0.3) is 5.70 Å². The molecule has 0 atom stereocenters. The molecular weight excluding hydrogens is 353 g/mol. The number of hydrogen-bond donors (Lipinski definition) is 0. The molecule has 6 nitrogen and oxygen atoms in total. The average Bonchev–Trinajstić information content (AvgIpc) is 2.62. The van der Waals surface area contributed by atoms with Crippen molar-refractivity contribution in [2.24, 2.45) is 0 Å². The third-order valence-electron chi connectivity index (χ3n) is 3.30. The van der Waals surface area contributed by atoms with Gasteiger partial charge < -0.3 is 9.47 Å². The van der Waals surface area contributed by atoms with Crippen LogP contribution in [0.2, 0.25) is 0 Å². The summed E-state index contributed by atoms with van der Waals surface area (Å²) in [5.41, 5.74) is 1.35. The molecule has 0 amide bonds. The zero-order valence-electron chi connectivity index (χ0n) is 16.8. The van der Waals surface area contributed by atoms with Gasteiger partial charge >= 0.3 is 5.97 Å². The van der Waals surface area contributed by atoms with E-state index in [2.05, 4.69) is 4.74 Å². The number of nitrogens with zero attached hydrogens (tertiary/aromatic N) is 1. The van der Waals surface area contributed by atoms with E-state index in [4.69, 9.17) is 4.74 Å². The molecule has 0 aliphatic heterocycles. The van der Waals surface area contributed by atoms with Gasteiger partial charge in [0.05, 0.1) is 23.4 Å². The molecule has 0 saturated heterocycles. The van der Waals surface area contributed by atoms with Crippen molar-refractivity contribution in [3.05, 3.63) is 74.4 Å². The van der Waals surface area contributed by atoms with E-state index in [-0.39, 0.29) is 11.5 Å². The number of allylic oxidation sites excluding steroid dienone is 5. The van der Waals surface area contributed by atoms with E-state index in [1.807, 2.05) is 13.8 Å². The highest BCUT2D eigenvalue weighted by Crippen LogP contribution is 2.28. The van der Waals surface area contributed by atoms with E-state index in [1.54, 1.807) is 26.0 Å². The Bertz CT molecular complexity index is 752. The summed E-state index contributed by atoms with van der Waals surface area (Å²) in [6.45, 7) is 9.97. The van der Waals surface area contributed by atoms with E-state index in [1.165, 1.54) is 33.1 Å². The first-order valence-corrected chi connectivity index (χ1v) is 8.40. The molecule has 7 heteroatoms. The summed E-state index contributed by atoms with van der Waals surface area (Å²) in [5.74, 6) is -0.573. The fourth-order valence-corrected chi connectivity index (χ4v) is 2.04. The number of aryl methyl sites for hydroxylation is 2. The molecule has 1 rings (SSSR count). The van der Waals surface area contributed by atoms with Crippen molar-refractivity contribution in [3.8, 4) is 5.75 Å². The van der Waals surface area contributed by atoms with E-state index in [0.29, 0.717) is 22.4 Å². The van der Waals surface area contributed by atoms with Gasteiger partial charge in [-0.2, -0.15) is 0 Å². The van der Waals surface area contributed by atoms with E-state index in [9.17, 15) is 19.3 Å². The summed E-state index contributed by atoms with van der Waals surface area (Å²) >= 11 is 0. The Hall–Kier alpha value is -2.96. The van der Waals surface area contributed by atoms with Crippen LogP contribution in [0.5, 0.6) is 5.75 Å². The maximum atomic E-state index is 12.8. The summed E-state index contributed by atoms with van der Waals surface area (Å²) in [6.07, 6.45) is 3.80. The average molecular weight is 379 g/mol. The Morgan fingerprint density at radius 1 is 1.19 bits per heavy atom. The minimum Gasteiger partial charge on any atom is -0.465 e. The SMILES string of the molecule is CC.COC(=O)c1cc(C)c(OC(/C=C\C=C(/C)F)=C(/C)[N+](=O)[O-])c(C)c1. The van der Waals surface area contributed by atoms with Gasteiger partial charge in [-0.3, -0.25) is 10.1 Å². The molecule has 0 saturated carbocycles. The maximum Gasteiger partial charge on any atom is 0.337 e. The molecule has 0 heterocycles. The lowest BCUT2D eigenvalue weighted by Crippen LogP contribution is -2.07. The Balaban J connectivity index is 0.00000326. The predicted molar refractivity (Wildman–Crippen MR) is 103 cm³/mol. The number of nitro groups is 1. The molecule has 0 aromatic heterocycles. The summed E-state index contributed by atoms with van der Waals surface area (Å²) in [4.78, 5) is 22.1. The van der Waals surface area contributed by atoms with Gasteiger partial charge in [0.2, 0.25) is 0 Å². The Morgan fingerprint density at radius 2 is 1.70 bits per heavy atom. The van der Waals surface area contributed by atoms with Crippen LogP contribution in [-0.4, -0.2) is 18.0 Å². The molecule has 1 aromatic rings. The third kappa shape index (κ3) is 7.43. The van der Waals surface area contributed by atoms with Crippen molar-refractivity contribution in [1.82, 2.24) is 0 Å². The molecule has 0 radical (unpaired) electrons. The molecule has 0 spiro atoms. The topological polar surface area (TPSA) is 78.7 Å². The minimum absolute atomic E-state index is 0.0282. The summed E-state index contributed by atoms with van der Waals surface area (Å²) in [5, 5.41) is 11.1. The van der Waals surface area contributed by atoms with E-state index in [0.717, 1.165) is 6.08 Å². The molecule has 0 unspecified atom stereocenters. The fourth-order valence-electron chi connectivity index (χ4n) is 2.04.